The normalized spacial score (nSPS) is 17.0. The Bertz CT molecular complexity index is 423. The van der Waals surface area contributed by atoms with Gasteiger partial charge in [-0.05, 0) is 43.7 Å². The van der Waals surface area contributed by atoms with Crippen LogP contribution in [0.1, 0.15) is 19.8 Å². The average molecular weight is 283 g/mol. The summed E-state index contributed by atoms with van der Waals surface area (Å²) < 4.78 is 11.0. The van der Waals surface area contributed by atoms with E-state index in [4.69, 9.17) is 15.2 Å². The number of aliphatic hydroxyl groups is 1. The van der Waals surface area contributed by atoms with Crippen LogP contribution in [0.2, 0.25) is 0 Å². The zero-order valence-electron chi connectivity index (χ0n) is 11.2. The summed E-state index contributed by atoms with van der Waals surface area (Å²) in [5.74, 6) is 2.60. The zero-order valence-corrected chi connectivity index (χ0v) is 12.0. The van der Waals surface area contributed by atoms with E-state index in [-0.39, 0.29) is 0 Å². The van der Waals surface area contributed by atoms with Gasteiger partial charge in [-0.25, -0.2) is 0 Å². The van der Waals surface area contributed by atoms with Crippen LogP contribution >= 0.6 is 11.8 Å². The van der Waals surface area contributed by atoms with E-state index in [2.05, 4.69) is 0 Å². The fraction of sp³-hybridized carbons (Fsp3) is 0.571. The van der Waals surface area contributed by atoms with E-state index in [1.54, 1.807) is 18.7 Å². The average Bonchev–Trinajstić information content (AvgIpc) is 2.43. The van der Waals surface area contributed by atoms with Gasteiger partial charge in [-0.1, -0.05) is 0 Å². The van der Waals surface area contributed by atoms with E-state index in [1.807, 2.05) is 18.2 Å². The van der Waals surface area contributed by atoms with E-state index in [1.165, 1.54) is 0 Å². The van der Waals surface area contributed by atoms with E-state index < -0.39 is 5.60 Å². The van der Waals surface area contributed by atoms with Crippen LogP contribution in [0.25, 0.3) is 0 Å². The van der Waals surface area contributed by atoms with Crippen LogP contribution in [-0.2, 0) is 0 Å². The molecule has 106 valence electrons. The molecule has 0 saturated heterocycles. The second kappa shape index (κ2) is 6.50. The van der Waals surface area contributed by atoms with Crippen molar-refractivity contribution in [3.05, 3.63) is 18.2 Å². The van der Waals surface area contributed by atoms with Crippen molar-refractivity contribution >= 4 is 11.8 Å². The van der Waals surface area contributed by atoms with Crippen LogP contribution in [0.5, 0.6) is 11.5 Å². The van der Waals surface area contributed by atoms with Crippen molar-refractivity contribution in [1.29, 1.82) is 0 Å². The number of nitrogens with two attached hydrogens (primary N) is 1. The highest BCUT2D eigenvalue weighted by atomic mass is 32.2. The fourth-order valence-corrected chi connectivity index (χ4v) is 2.74. The first-order valence-electron chi connectivity index (χ1n) is 6.56. The first-order valence-corrected chi connectivity index (χ1v) is 7.54. The number of rotatable bonds is 6. The maximum absolute atomic E-state index is 9.81. The molecule has 0 bridgehead atoms. The third-order valence-corrected chi connectivity index (χ3v) is 4.16. The number of thioether (sulfide) groups is 1. The molecule has 3 N–H and O–H groups in total. The molecular weight excluding hydrogens is 262 g/mol. The van der Waals surface area contributed by atoms with Gasteiger partial charge < -0.3 is 20.3 Å². The Morgan fingerprint density at radius 2 is 2.05 bits per heavy atom. The summed E-state index contributed by atoms with van der Waals surface area (Å²) in [4.78, 5) is 1.16. The minimum absolute atomic E-state index is 0.307. The van der Waals surface area contributed by atoms with Crippen molar-refractivity contribution in [2.24, 2.45) is 5.73 Å². The first-order chi connectivity index (χ1) is 9.11. The number of hydrogen-bond donors (Lipinski definition) is 2. The standard InChI is InChI=1S/C14H21NO3S/c1-14(16,10-15)5-2-8-19-11-3-4-12-13(9-11)18-7-6-17-12/h3-4,9,16H,2,5-8,10,15H2,1H3. The van der Waals surface area contributed by atoms with Crippen LogP contribution < -0.4 is 15.2 Å². The lowest BCUT2D eigenvalue weighted by Crippen LogP contribution is -2.34. The lowest BCUT2D eigenvalue weighted by Gasteiger charge is -2.20. The molecule has 19 heavy (non-hydrogen) atoms. The van der Waals surface area contributed by atoms with Gasteiger partial charge in [0.05, 0.1) is 5.60 Å². The fourth-order valence-electron chi connectivity index (χ4n) is 1.86. The molecule has 2 rings (SSSR count). The smallest absolute Gasteiger partial charge is 0.162 e. The lowest BCUT2D eigenvalue weighted by atomic mass is 10.0. The molecule has 1 aliphatic heterocycles. The third-order valence-electron chi connectivity index (χ3n) is 3.08. The Labute approximate surface area is 118 Å². The molecule has 1 aliphatic rings. The molecule has 1 aromatic carbocycles. The molecule has 5 heteroatoms. The second-order valence-corrected chi connectivity index (χ2v) is 6.13. The van der Waals surface area contributed by atoms with Crippen molar-refractivity contribution in [2.75, 3.05) is 25.5 Å². The molecule has 0 radical (unpaired) electrons. The summed E-state index contributed by atoms with van der Waals surface area (Å²) in [6.07, 6.45) is 1.66. The van der Waals surface area contributed by atoms with E-state index in [0.29, 0.717) is 19.8 Å². The van der Waals surface area contributed by atoms with Gasteiger partial charge in [-0.3, -0.25) is 0 Å². The maximum Gasteiger partial charge on any atom is 0.162 e. The monoisotopic (exact) mass is 283 g/mol. The molecule has 1 unspecified atom stereocenters. The molecular formula is C14H21NO3S. The number of fused-ring (bicyclic) bond motifs is 1. The minimum Gasteiger partial charge on any atom is -0.486 e. The van der Waals surface area contributed by atoms with Crippen molar-refractivity contribution in [3.63, 3.8) is 0 Å². The molecule has 0 fully saturated rings. The van der Waals surface area contributed by atoms with Crippen molar-refractivity contribution < 1.29 is 14.6 Å². The van der Waals surface area contributed by atoms with E-state index in [9.17, 15) is 5.11 Å². The van der Waals surface area contributed by atoms with Gasteiger partial charge in [0, 0.05) is 11.4 Å². The molecule has 1 atom stereocenters. The van der Waals surface area contributed by atoms with Crippen molar-refractivity contribution in [3.8, 4) is 11.5 Å². The summed E-state index contributed by atoms with van der Waals surface area (Å²) in [5, 5.41) is 9.81. The van der Waals surface area contributed by atoms with Crippen LogP contribution in [0, 0.1) is 0 Å². The highest BCUT2D eigenvalue weighted by Gasteiger charge is 2.17. The maximum atomic E-state index is 9.81. The van der Waals surface area contributed by atoms with Crippen LogP contribution in [0.4, 0.5) is 0 Å². The van der Waals surface area contributed by atoms with Crippen LogP contribution in [0.3, 0.4) is 0 Å². The molecule has 4 nitrogen and oxygen atoms in total. The molecule has 0 saturated carbocycles. The van der Waals surface area contributed by atoms with Crippen molar-refractivity contribution in [1.82, 2.24) is 0 Å². The van der Waals surface area contributed by atoms with Gasteiger partial charge in [0.15, 0.2) is 11.5 Å². The Morgan fingerprint density at radius 1 is 1.32 bits per heavy atom. The first kappa shape index (κ1) is 14.5. The summed E-state index contributed by atoms with van der Waals surface area (Å²) >= 11 is 1.76. The Balaban J connectivity index is 1.80. The zero-order chi connectivity index (χ0) is 13.7. The number of ether oxygens (including phenoxy) is 2. The summed E-state index contributed by atoms with van der Waals surface area (Å²) in [7, 11) is 0. The highest BCUT2D eigenvalue weighted by molar-refractivity contribution is 7.99. The molecule has 0 amide bonds. The number of benzene rings is 1. The van der Waals surface area contributed by atoms with Crippen molar-refractivity contribution in [2.45, 2.75) is 30.3 Å². The van der Waals surface area contributed by atoms with E-state index >= 15 is 0 Å². The number of hydrogen-bond acceptors (Lipinski definition) is 5. The third kappa shape index (κ3) is 4.30. The minimum atomic E-state index is -0.743. The Morgan fingerprint density at radius 3 is 2.79 bits per heavy atom. The van der Waals surface area contributed by atoms with Gasteiger partial charge in [0.2, 0.25) is 0 Å². The van der Waals surface area contributed by atoms with Gasteiger partial charge in [0.1, 0.15) is 13.2 Å². The largest absolute Gasteiger partial charge is 0.486 e. The Hall–Kier alpha value is -0.910. The Kier molecular flexibility index (Phi) is 4.96. The molecule has 0 aromatic heterocycles. The predicted octanol–water partition coefficient (Wildman–Crippen LogP) is 2.04. The van der Waals surface area contributed by atoms with Gasteiger partial charge in [-0.15, -0.1) is 11.8 Å². The molecule has 1 aromatic rings. The second-order valence-electron chi connectivity index (χ2n) is 4.96. The summed E-state index contributed by atoms with van der Waals surface area (Å²) in [6, 6.07) is 6.01. The topological polar surface area (TPSA) is 64.7 Å². The van der Waals surface area contributed by atoms with Crippen LogP contribution in [-0.4, -0.2) is 36.2 Å². The van der Waals surface area contributed by atoms with Gasteiger partial charge >= 0.3 is 0 Å². The lowest BCUT2D eigenvalue weighted by molar-refractivity contribution is 0.0596. The van der Waals surface area contributed by atoms with E-state index in [0.717, 1.165) is 35.0 Å². The molecule has 0 spiro atoms. The van der Waals surface area contributed by atoms with Gasteiger partial charge in [0.25, 0.3) is 0 Å². The SMILES string of the molecule is CC(O)(CN)CCCSc1ccc2c(c1)OCCO2. The quantitative estimate of drug-likeness (QED) is 0.618. The molecule has 1 heterocycles. The molecule has 0 aliphatic carbocycles. The van der Waals surface area contributed by atoms with Gasteiger partial charge in [-0.2, -0.15) is 0 Å². The highest BCUT2D eigenvalue weighted by Crippen LogP contribution is 2.34. The summed E-state index contributed by atoms with van der Waals surface area (Å²) in [6.45, 7) is 3.32. The predicted molar refractivity (Wildman–Crippen MR) is 77.1 cm³/mol. The van der Waals surface area contributed by atoms with Crippen LogP contribution in [0.15, 0.2) is 23.1 Å². The summed E-state index contributed by atoms with van der Waals surface area (Å²) in [5.41, 5.74) is 4.75.